The second-order valence-corrected chi connectivity index (χ2v) is 2.72. The van der Waals surface area contributed by atoms with Crippen LogP contribution < -0.4 is 5.32 Å². The van der Waals surface area contributed by atoms with Gasteiger partial charge in [0.25, 0.3) is 0 Å². The number of carbonyl (C=O) groups excluding carboxylic acids is 1. The molecule has 0 aromatic heterocycles. The van der Waals surface area contributed by atoms with Crippen LogP contribution in [0.5, 0.6) is 0 Å². The van der Waals surface area contributed by atoms with Crippen molar-refractivity contribution in [3.63, 3.8) is 0 Å². The maximum Gasteiger partial charge on any atom is 0.126 e. The Hall–Kier alpha value is -0.370. The largest absolute Gasteiger partial charge is 0.317 e. The lowest BCUT2D eigenvalue weighted by Crippen LogP contribution is -2.21. The summed E-state index contributed by atoms with van der Waals surface area (Å²) in [5, 5.41) is 3.28. The Morgan fingerprint density at radius 2 is 1.50 bits per heavy atom. The van der Waals surface area contributed by atoms with E-state index in [-0.39, 0.29) is 5.78 Å². The highest BCUT2D eigenvalue weighted by Gasteiger charge is 1.93. The van der Waals surface area contributed by atoms with Crippen molar-refractivity contribution in [1.29, 1.82) is 0 Å². The minimum atomic E-state index is 0.167. The van der Waals surface area contributed by atoms with E-state index >= 15 is 0 Å². The Morgan fingerprint density at radius 3 is 1.60 bits per heavy atom. The lowest BCUT2D eigenvalue weighted by molar-refractivity contribution is -0.114. The molecule has 0 radical (unpaired) electrons. The van der Waals surface area contributed by atoms with E-state index in [0.29, 0.717) is 0 Å². The maximum absolute atomic E-state index is 9.44. The average molecular weight is 143 g/mol. The molecule has 0 aromatic rings. The molecule has 60 valence electrons. The molecule has 0 aliphatic carbocycles. The standard InChI is InChI=1S/C5H11N.C3H6O/c1-2-4-6-5-3-1;1-3(2)4/h6H,1-5H2;1-2H3. The summed E-state index contributed by atoms with van der Waals surface area (Å²) in [4.78, 5) is 9.44. The van der Waals surface area contributed by atoms with E-state index < -0.39 is 0 Å². The quantitative estimate of drug-likeness (QED) is 0.554. The summed E-state index contributed by atoms with van der Waals surface area (Å²) in [5.41, 5.74) is 0. The summed E-state index contributed by atoms with van der Waals surface area (Å²) < 4.78 is 0. The van der Waals surface area contributed by atoms with Crippen molar-refractivity contribution in [2.45, 2.75) is 33.1 Å². The average Bonchev–Trinajstić information content (AvgIpc) is 1.90. The molecule has 10 heavy (non-hydrogen) atoms. The normalized spacial score (nSPS) is 17.0. The third-order valence-corrected chi connectivity index (χ3v) is 1.21. The van der Waals surface area contributed by atoms with Gasteiger partial charge in [-0.1, -0.05) is 6.42 Å². The molecular weight excluding hydrogens is 126 g/mol. The van der Waals surface area contributed by atoms with E-state index in [2.05, 4.69) is 5.32 Å². The molecule has 0 spiro atoms. The highest BCUT2D eigenvalue weighted by Crippen LogP contribution is 1.96. The van der Waals surface area contributed by atoms with Crippen molar-refractivity contribution in [3.8, 4) is 0 Å². The molecule has 0 atom stereocenters. The summed E-state index contributed by atoms with van der Waals surface area (Å²) in [6.07, 6.45) is 4.22. The van der Waals surface area contributed by atoms with Crippen molar-refractivity contribution in [3.05, 3.63) is 0 Å². The molecule has 0 aromatic carbocycles. The predicted molar refractivity (Wildman–Crippen MR) is 43.1 cm³/mol. The number of ketones is 1. The zero-order valence-electron chi connectivity index (χ0n) is 6.94. The first kappa shape index (κ1) is 9.63. The van der Waals surface area contributed by atoms with Crippen molar-refractivity contribution >= 4 is 5.78 Å². The van der Waals surface area contributed by atoms with E-state index in [4.69, 9.17) is 0 Å². The fourth-order valence-corrected chi connectivity index (χ4v) is 0.802. The van der Waals surface area contributed by atoms with Crippen LogP contribution in [0.2, 0.25) is 0 Å². The van der Waals surface area contributed by atoms with Gasteiger partial charge in [0.05, 0.1) is 0 Å². The van der Waals surface area contributed by atoms with Crippen LogP contribution in [0.25, 0.3) is 0 Å². The van der Waals surface area contributed by atoms with Crippen LogP contribution in [-0.4, -0.2) is 18.9 Å². The van der Waals surface area contributed by atoms with Crippen molar-refractivity contribution < 1.29 is 4.79 Å². The van der Waals surface area contributed by atoms with Gasteiger partial charge in [-0.15, -0.1) is 0 Å². The fourth-order valence-electron chi connectivity index (χ4n) is 0.802. The van der Waals surface area contributed by atoms with Gasteiger partial charge >= 0.3 is 0 Å². The van der Waals surface area contributed by atoms with Crippen LogP contribution in [0, 0.1) is 0 Å². The summed E-state index contributed by atoms with van der Waals surface area (Å²) in [7, 11) is 0. The first-order valence-electron chi connectivity index (χ1n) is 3.91. The third-order valence-electron chi connectivity index (χ3n) is 1.21. The molecule has 0 amide bonds. The van der Waals surface area contributed by atoms with Crippen molar-refractivity contribution in [1.82, 2.24) is 5.32 Å². The first-order chi connectivity index (χ1) is 4.73. The molecule has 1 rings (SSSR count). The topological polar surface area (TPSA) is 29.1 Å². The molecule has 0 bridgehead atoms. The molecule has 0 unspecified atom stereocenters. The zero-order chi connectivity index (χ0) is 7.82. The molecule has 1 saturated heterocycles. The number of rotatable bonds is 0. The molecule has 1 heterocycles. The van der Waals surface area contributed by atoms with Gasteiger partial charge in [0.15, 0.2) is 0 Å². The summed E-state index contributed by atoms with van der Waals surface area (Å²) in [6.45, 7) is 5.56. The number of carbonyl (C=O) groups is 1. The van der Waals surface area contributed by atoms with Gasteiger partial charge < -0.3 is 10.1 Å². The monoisotopic (exact) mass is 143 g/mol. The number of hydrogen-bond acceptors (Lipinski definition) is 2. The van der Waals surface area contributed by atoms with Gasteiger partial charge in [-0.05, 0) is 39.8 Å². The number of nitrogens with one attached hydrogen (secondary N) is 1. The Bertz CT molecular complexity index is 71.7. The Labute approximate surface area is 63.0 Å². The highest BCUT2D eigenvalue weighted by atomic mass is 16.1. The van der Waals surface area contributed by atoms with E-state index in [1.807, 2.05) is 0 Å². The summed E-state index contributed by atoms with van der Waals surface area (Å²) >= 11 is 0. The molecule has 1 aliphatic heterocycles. The smallest absolute Gasteiger partial charge is 0.126 e. The molecule has 1 N–H and O–H groups in total. The van der Waals surface area contributed by atoms with E-state index in [0.717, 1.165) is 0 Å². The summed E-state index contributed by atoms with van der Waals surface area (Å²) in [5.74, 6) is 0.167. The van der Waals surface area contributed by atoms with Crippen molar-refractivity contribution in [2.24, 2.45) is 0 Å². The minimum Gasteiger partial charge on any atom is -0.317 e. The first-order valence-corrected chi connectivity index (χ1v) is 3.91. The van der Waals surface area contributed by atoms with E-state index in [9.17, 15) is 4.79 Å². The van der Waals surface area contributed by atoms with Gasteiger partial charge in [-0.3, -0.25) is 0 Å². The maximum atomic E-state index is 9.44. The van der Waals surface area contributed by atoms with Crippen LogP contribution in [-0.2, 0) is 4.79 Å². The number of hydrogen-bond donors (Lipinski definition) is 1. The SMILES string of the molecule is C1CCNCC1.CC(C)=O. The van der Waals surface area contributed by atoms with Gasteiger partial charge in [0.2, 0.25) is 0 Å². The molecule has 1 aliphatic rings. The molecule has 2 heteroatoms. The Balaban J connectivity index is 0.000000180. The lowest BCUT2D eigenvalue weighted by atomic mass is 10.2. The van der Waals surface area contributed by atoms with Crippen LogP contribution in [0.15, 0.2) is 0 Å². The molecule has 0 saturated carbocycles. The van der Waals surface area contributed by atoms with E-state index in [1.54, 1.807) is 0 Å². The van der Waals surface area contributed by atoms with Crippen LogP contribution in [0.1, 0.15) is 33.1 Å². The summed E-state index contributed by atoms with van der Waals surface area (Å²) in [6, 6.07) is 0. The molecule has 1 fully saturated rings. The molecule has 2 nitrogen and oxygen atoms in total. The zero-order valence-corrected chi connectivity index (χ0v) is 6.94. The predicted octanol–water partition coefficient (Wildman–Crippen LogP) is 1.36. The molecular formula is C8H17NO. The Morgan fingerprint density at radius 1 is 1.10 bits per heavy atom. The lowest BCUT2D eigenvalue weighted by Gasteiger charge is -2.08. The van der Waals surface area contributed by atoms with Crippen molar-refractivity contribution in [2.75, 3.05) is 13.1 Å². The van der Waals surface area contributed by atoms with E-state index in [1.165, 1.54) is 46.2 Å². The minimum absolute atomic E-state index is 0.167. The third kappa shape index (κ3) is 10.6. The van der Waals surface area contributed by atoms with Crippen LogP contribution in [0.3, 0.4) is 0 Å². The van der Waals surface area contributed by atoms with Gasteiger partial charge in [0, 0.05) is 0 Å². The highest BCUT2D eigenvalue weighted by molar-refractivity contribution is 5.72. The number of Topliss-reactive ketones (excluding diaryl/α,β-unsaturated/α-hetero) is 1. The van der Waals surface area contributed by atoms with Gasteiger partial charge in [-0.2, -0.15) is 0 Å². The van der Waals surface area contributed by atoms with Crippen LogP contribution >= 0.6 is 0 Å². The number of piperidine rings is 1. The van der Waals surface area contributed by atoms with Crippen LogP contribution in [0.4, 0.5) is 0 Å². The second kappa shape index (κ2) is 6.75. The second-order valence-electron chi connectivity index (χ2n) is 2.72. The fraction of sp³-hybridized carbons (Fsp3) is 0.875. The Kier molecular flexibility index (Phi) is 6.50. The van der Waals surface area contributed by atoms with Gasteiger partial charge in [-0.25, -0.2) is 0 Å². The van der Waals surface area contributed by atoms with Gasteiger partial charge in [0.1, 0.15) is 5.78 Å².